The van der Waals surface area contributed by atoms with E-state index < -0.39 is 32.2 Å². The van der Waals surface area contributed by atoms with Gasteiger partial charge in [-0.15, -0.1) is 0 Å². The van der Waals surface area contributed by atoms with Crippen LogP contribution in [0.1, 0.15) is 54.7 Å². The average molecular weight is 406 g/mol. The van der Waals surface area contributed by atoms with E-state index in [1.165, 1.54) is 6.07 Å². The number of amides is 1. The highest BCUT2D eigenvalue weighted by molar-refractivity contribution is 7.89. The van der Waals surface area contributed by atoms with Crippen LogP contribution in [-0.2, 0) is 16.4 Å². The van der Waals surface area contributed by atoms with Gasteiger partial charge in [0.25, 0.3) is 5.91 Å². The van der Waals surface area contributed by atoms with Gasteiger partial charge in [0.1, 0.15) is 16.5 Å². The predicted octanol–water partition coefficient (Wildman–Crippen LogP) is 3.03. The molecule has 0 spiro atoms. The van der Waals surface area contributed by atoms with Crippen LogP contribution in [0.5, 0.6) is 5.75 Å². The molecule has 0 fully saturated rings. The molecule has 0 heterocycles. The number of sulfonamides is 1. The molecule has 1 aliphatic carbocycles. The molecule has 1 atom stereocenters. The third kappa shape index (κ3) is 4.18. The number of halogens is 1. The fraction of sp³-hybridized carbons (Fsp3) is 0.350. The van der Waals surface area contributed by atoms with E-state index in [2.05, 4.69) is 10.0 Å². The third-order valence-electron chi connectivity index (χ3n) is 4.47. The van der Waals surface area contributed by atoms with Gasteiger partial charge in [-0.25, -0.2) is 17.5 Å². The van der Waals surface area contributed by atoms with Crippen LogP contribution >= 0.6 is 0 Å². The Bertz CT molecular complexity index is 1030. The quantitative estimate of drug-likeness (QED) is 0.727. The molecule has 150 valence electrons. The number of carbonyl (C=O) groups excluding carboxylic acids is 1. The van der Waals surface area contributed by atoms with Gasteiger partial charge in [0.2, 0.25) is 10.0 Å². The average Bonchev–Trinajstić information content (AvgIpc) is 2.97. The summed E-state index contributed by atoms with van der Waals surface area (Å²) in [6, 6.07) is 8.10. The zero-order valence-corrected chi connectivity index (χ0v) is 16.7. The third-order valence-corrected chi connectivity index (χ3v) is 6.25. The lowest BCUT2D eigenvalue weighted by molar-refractivity contribution is 0.0936. The highest BCUT2D eigenvalue weighted by Gasteiger charge is 2.28. The zero-order valence-electron chi connectivity index (χ0n) is 15.9. The predicted molar refractivity (Wildman–Crippen MR) is 103 cm³/mol. The Morgan fingerprint density at radius 3 is 2.61 bits per heavy atom. The molecule has 1 amide bonds. The molecule has 0 aromatic heterocycles. The molecule has 2 aromatic rings. The second kappa shape index (κ2) is 7.18. The number of rotatable bonds is 4. The summed E-state index contributed by atoms with van der Waals surface area (Å²) in [5.74, 6) is -1.24. The van der Waals surface area contributed by atoms with Gasteiger partial charge in [-0.2, -0.15) is 0 Å². The number of carbonyl (C=O) groups is 1. The summed E-state index contributed by atoms with van der Waals surface area (Å²) >= 11 is 0. The summed E-state index contributed by atoms with van der Waals surface area (Å²) in [5.41, 5.74) is 0.880. The maximum Gasteiger partial charge on any atom is 0.251 e. The maximum atomic E-state index is 14.2. The Morgan fingerprint density at radius 1 is 1.21 bits per heavy atom. The maximum absolute atomic E-state index is 14.2. The second-order valence-corrected chi connectivity index (χ2v) is 9.56. The number of benzene rings is 2. The van der Waals surface area contributed by atoms with Crippen molar-refractivity contribution in [2.24, 2.45) is 0 Å². The highest BCUT2D eigenvalue weighted by atomic mass is 32.2. The summed E-state index contributed by atoms with van der Waals surface area (Å²) in [6.07, 6.45) is 1.25. The molecule has 8 heteroatoms. The molecule has 28 heavy (non-hydrogen) atoms. The molecule has 1 unspecified atom stereocenters. The van der Waals surface area contributed by atoms with E-state index in [9.17, 15) is 22.7 Å². The number of phenols is 1. The van der Waals surface area contributed by atoms with E-state index in [1.54, 1.807) is 32.9 Å². The summed E-state index contributed by atoms with van der Waals surface area (Å²) < 4.78 is 41.5. The van der Waals surface area contributed by atoms with Crippen LogP contribution < -0.4 is 10.0 Å². The van der Waals surface area contributed by atoms with Crippen LogP contribution in [0.25, 0.3) is 0 Å². The number of fused-ring (bicyclic) bond motifs is 1. The molecule has 3 N–H and O–H groups in total. The van der Waals surface area contributed by atoms with E-state index in [-0.39, 0.29) is 17.4 Å². The van der Waals surface area contributed by atoms with Crippen molar-refractivity contribution >= 4 is 15.9 Å². The smallest absolute Gasteiger partial charge is 0.251 e. The molecule has 1 aliphatic rings. The number of hydrogen-bond acceptors (Lipinski definition) is 4. The van der Waals surface area contributed by atoms with Gasteiger partial charge >= 0.3 is 0 Å². The lowest BCUT2D eigenvalue weighted by atomic mass is 10.1. The Kier molecular flexibility index (Phi) is 5.20. The molecule has 0 radical (unpaired) electrons. The Balaban J connectivity index is 1.86. The fourth-order valence-corrected chi connectivity index (χ4v) is 4.86. The number of nitrogens with one attached hydrogen (secondary N) is 2. The van der Waals surface area contributed by atoms with E-state index >= 15 is 0 Å². The lowest BCUT2D eigenvalue weighted by Gasteiger charge is -2.21. The van der Waals surface area contributed by atoms with E-state index in [0.29, 0.717) is 12.8 Å². The van der Waals surface area contributed by atoms with Crippen molar-refractivity contribution in [2.75, 3.05) is 0 Å². The normalized spacial score (nSPS) is 16.6. The molecule has 0 saturated carbocycles. The summed E-state index contributed by atoms with van der Waals surface area (Å²) in [5, 5.41) is 12.8. The van der Waals surface area contributed by atoms with Crippen LogP contribution in [0.2, 0.25) is 0 Å². The Labute approximate surface area is 163 Å². The van der Waals surface area contributed by atoms with Gasteiger partial charge in [0.15, 0.2) is 0 Å². The van der Waals surface area contributed by atoms with Crippen molar-refractivity contribution < 1.29 is 22.7 Å². The van der Waals surface area contributed by atoms with E-state index in [0.717, 1.165) is 23.3 Å². The molecule has 0 saturated heterocycles. The van der Waals surface area contributed by atoms with Crippen LogP contribution in [0.15, 0.2) is 41.3 Å². The molecular formula is C20H23FN2O4S. The van der Waals surface area contributed by atoms with Gasteiger partial charge < -0.3 is 10.4 Å². The van der Waals surface area contributed by atoms with Crippen molar-refractivity contribution in [3.05, 3.63) is 58.9 Å². The first-order valence-electron chi connectivity index (χ1n) is 8.93. The van der Waals surface area contributed by atoms with Crippen molar-refractivity contribution in [1.82, 2.24) is 10.0 Å². The van der Waals surface area contributed by atoms with Crippen molar-refractivity contribution in [3.8, 4) is 5.75 Å². The summed E-state index contributed by atoms with van der Waals surface area (Å²) in [7, 11) is -4.12. The van der Waals surface area contributed by atoms with E-state index in [4.69, 9.17) is 0 Å². The standard InChI is InChI=1S/C20H23FN2O4S/c1-20(2,3)23-28(26,27)18-11-12(7-9-15(18)21)19(25)22-16-10-8-14-13(16)5-4-6-17(14)24/h4-7,9,11,16,23-24H,8,10H2,1-3H3,(H,22,25). The fourth-order valence-electron chi connectivity index (χ4n) is 3.34. The van der Waals surface area contributed by atoms with Gasteiger partial charge in [0, 0.05) is 11.1 Å². The van der Waals surface area contributed by atoms with Crippen molar-refractivity contribution in [3.63, 3.8) is 0 Å². The van der Waals surface area contributed by atoms with Crippen LogP contribution in [0.4, 0.5) is 4.39 Å². The summed E-state index contributed by atoms with van der Waals surface area (Å²) in [6.45, 7) is 4.93. The van der Waals surface area contributed by atoms with E-state index in [1.807, 2.05) is 6.07 Å². The minimum absolute atomic E-state index is 0.0456. The van der Waals surface area contributed by atoms with Crippen molar-refractivity contribution in [1.29, 1.82) is 0 Å². The SMILES string of the molecule is CC(C)(C)NS(=O)(=O)c1cc(C(=O)NC2CCc3c(O)cccc32)ccc1F. The second-order valence-electron chi connectivity index (χ2n) is 7.91. The topological polar surface area (TPSA) is 95.5 Å². The highest BCUT2D eigenvalue weighted by Crippen LogP contribution is 2.36. The molecule has 3 rings (SSSR count). The van der Waals surface area contributed by atoms with Gasteiger partial charge in [0.05, 0.1) is 6.04 Å². The number of phenolic OH excluding ortho intramolecular Hbond substituents is 1. The molecule has 2 aromatic carbocycles. The van der Waals surface area contributed by atoms with Crippen molar-refractivity contribution in [2.45, 2.75) is 50.1 Å². The molecular weight excluding hydrogens is 383 g/mol. The first-order valence-corrected chi connectivity index (χ1v) is 10.4. The monoisotopic (exact) mass is 406 g/mol. The largest absolute Gasteiger partial charge is 0.508 e. The van der Waals surface area contributed by atoms with Crippen LogP contribution in [-0.4, -0.2) is 25.0 Å². The van der Waals surface area contributed by atoms with Crippen LogP contribution in [0.3, 0.4) is 0 Å². The van der Waals surface area contributed by atoms with Gasteiger partial charge in [-0.3, -0.25) is 4.79 Å². The minimum atomic E-state index is -4.12. The van der Waals surface area contributed by atoms with Gasteiger partial charge in [-0.1, -0.05) is 12.1 Å². The Hall–Kier alpha value is -2.45. The molecule has 6 nitrogen and oxygen atoms in total. The molecule has 0 aliphatic heterocycles. The Morgan fingerprint density at radius 2 is 1.93 bits per heavy atom. The van der Waals surface area contributed by atoms with Crippen LogP contribution in [0, 0.1) is 5.82 Å². The minimum Gasteiger partial charge on any atom is -0.508 e. The lowest BCUT2D eigenvalue weighted by Crippen LogP contribution is -2.40. The number of hydrogen-bond donors (Lipinski definition) is 3. The number of aromatic hydroxyl groups is 1. The zero-order chi connectivity index (χ0) is 20.7. The summed E-state index contributed by atoms with van der Waals surface area (Å²) in [4.78, 5) is 12.1. The first-order chi connectivity index (χ1) is 13.0. The molecule has 0 bridgehead atoms. The van der Waals surface area contributed by atoms with Gasteiger partial charge in [-0.05, 0) is 69.0 Å². The first kappa shape index (κ1) is 20.3.